The van der Waals surface area contributed by atoms with Gasteiger partial charge in [-0.05, 0) is 28.1 Å². The van der Waals surface area contributed by atoms with E-state index in [2.05, 4.69) is 39.6 Å². The molecule has 0 N–H and O–H groups in total. The zero-order valence-corrected chi connectivity index (χ0v) is 9.58. The molecule has 1 heterocycles. The van der Waals surface area contributed by atoms with Gasteiger partial charge in [-0.25, -0.2) is 4.98 Å². The number of hydrogen-bond donors (Lipinski definition) is 1. The van der Waals surface area contributed by atoms with E-state index < -0.39 is 0 Å². The Labute approximate surface area is 142 Å². The topological polar surface area (TPSA) is 36.7 Å². The number of hydrogen-bond acceptors (Lipinski definition) is 4. The number of fused-ring (bicyclic) bond motifs is 1. The van der Waals surface area contributed by atoms with Crippen LogP contribution in [0.25, 0.3) is 10.2 Å². The van der Waals surface area contributed by atoms with Gasteiger partial charge in [0.15, 0.2) is 0 Å². The van der Waals surface area contributed by atoms with Crippen molar-refractivity contribution in [2.24, 2.45) is 0 Å². The molecule has 0 aliphatic carbocycles. The van der Waals surface area contributed by atoms with Crippen molar-refractivity contribution < 1.29 is 0 Å². The number of aromatic nitrogens is 1. The molecule has 2 aromatic rings. The van der Waals surface area contributed by atoms with Crippen LogP contribution in [0.2, 0.25) is 0 Å². The normalized spacial score (nSPS) is 9.50. The maximum atomic E-state index is 8.72. The number of nitriles is 1. The molecule has 14 heavy (non-hydrogen) atoms. The number of thiol groups is 1. The second-order valence-corrected chi connectivity index (χ2v) is 5.02. The fraction of sp³-hybridized carbons (Fsp3) is 0. The van der Waals surface area contributed by atoms with E-state index in [-0.39, 0.29) is 51.4 Å². The molecule has 2 rings (SSSR count). The minimum atomic E-state index is 0. The summed E-state index contributed by atoms with van der Waals surface area (Å²) in [4.78, 5) is 4.21. The first-order chi connectivity index (χ1) is 6.20. The van der Waals surface area contributed by atoms with Gasteiger partial charge in [0, 0.05) is 4.47 Å². The van der Waals surface area contributed by atoms with E-state index in [0.29, 0.717) is 9.90 Å². The van der Waals surface area contributed by atoms with Gasteiger partial charge in [0.2, 0.25) is 0 Å². The van der Waals surface area contributed by atoms with Crippen LogP contribution in [0.15, 0.2) is 20.9 Å². The van der Waals surface area contributed by atoms with Gasteiger partial charge in [0.05, 0.1) is 21.8 Å². The molecule has 0 saturated heterocycles. The Bertz CT molecular complexity index is 518. The molecule has 0 spiro atoms. The van der Waals surface area contributed by atoms with Crippen molar-refractivity contribution in [3.05, 3.63) is 22.2 Å². The van der Waals surface area contributed by atoms with Crippen LogP contribution in [-0.4, -0.2) is 56.4 Å². The Hall–Kier alpha value is 1.07. The van der Waals surface area contributed by atoms with Crippen LogP contribution in [0.5, 0.6) is 0 Å². The minimum absolute atomic E-state index is 0. The molecule has 0 aliphatic heterocycles. The first-order valence-corrected chi connectivity index (χ1v) is 5.45. The van der Waals surface area contributed by atoms with Gasteiger partial charge in [-0.15, -0.1) is 24.0 Å². The van der Waals surface area contributed by atoms with Crippen molar-refractivity contribution in [3.8, 4) is 6.07 Å². The van der Waals surface area contributed by atoms with Crippen molar-refractivity contribution in [1.29, 1.82) is 5.26 Å². The van der Waals surface area contributed by atoms with Crippen molar-refractivity contribution in [2.45, 2.75) is 4.34 Å². The molecule has 0 unspecified atom stereocenters. The summed E-state index contributed by atoms with van der Waals surface area (Å²) < 4.78 is 2.54. The van der Waals surface area contributed by atoms with Gasteiger partial charge in [0.1, 0.15) is 4.34 Å². The average molecular weight is 311 g/mol. The first kappa shape index (κ1) is 13.1. The quantitative estimate of drug-likeness (QED) is 0.600. The summed E-state index contributed by atoms with van der Waals surface area (Å²) in [5, 5.41) is 8.72. The molecule has 0 fully saturated rings. The molecule has 0 radical (unpaired) electrons. The second-order valence-electron chi connectivity index (χ2n) is 2.41. The van der Waals surface area contributed by atoms with E-state index in [1.54, 1.807) is 6.07 Å². The summed E-state index contributed by atoms with van der Waals surface area (Å²) in [5.74, 6) is 0. The molecule has 0 bridgehead atoms. The molecular weight excluding hydrogens is 307 g/mol. The Morgan fingerprint density at radius 1 is 1.50 bits per heavy atom. The van der Waals surface area contributed by atoms with E-state index in [9.17, 15) is 0 Å². The van der Waals surface area contributed by atoms with Crippen LogP contribution in [0.3, 0.4) is 0 Å². The molecule has 6 heteroatoms. The number of benzene rings is 1. The number of nitrogens with zero attached hydrogens (tertiary/aromatic N) is 2. The molecule has 1 aromatic heterocycles. The first-order valence-electron chi connectivity index (χ1n) is 3.40. The van der Waals surface area contributed by atoms with Crippen molar-refractivity contribution in [2.75, 3.05) is 0 Å². The van der Waals surface area contributed by atoms with Crippen molar-refractivity contribution in [1.82, 2.24) is 4.98 Å². The number of thiazole rings is 1. The third-order valence-corrected chi connectivity index (χ3v) is 3.35. The Kier molecular flexibility index (Phi) is 5.08. The van der Waals surface area contributed by atoms with Crippen LogP contribution in [0, 0.1) is 11.3 Å². The molecule has 66 valence electrons. The zero-order valence-electron chi connectivity index (χ0n) is 6.28. The van der Waals surface area contributed by atoms with Crippen LogP contribution in [-0.2, 0) is 0 Å². The predicted molar refractivity (Wildman–Crippen MR) is 66.4 cm³/mol. The van der Waals surface area contributed by atoms with Gasteiger partial charge >= 0.3 is 51.4 Å². The van der Waals surface area contributed by atoms with Crippen LogP contribution in [0.4, 0.5) is 0 Å². The van der Waals surface area contributed by atoms with Crippen LogP contribution >= 0.6 is 39.9 Å². The molecule has 1 aromatic carbocycles. The SMILES string of the molecule is N#Cc1cc(Br)c2nc(S)sc2c1.[KH]. The summed E-state index contributed by atoms with van der Waals surface area (Å²) >= 11 is 8.99. The fourth-order valence-electron chi connectivity index (χ4n) is 1.04. The molecule has 0 amide bonds. The number of rotatable bonds is 0. The molecular formula is C8H4BrKN2S2. The van der Waals surface area contributed by atoms with E-state index >= 15 is 0 Å². The third-order valence-electron chi connectivity index (χ3n) is 1.57. The molecule has 0 aliphatic rings. The van der Waals surface area contributed by atoms with Gasteiger partial charge < -0.3 is 0 Å². The second kappa shape index (κ2) is 5.41. The Morgan fingerprint density at radius 2 is 2.21 bits per heavy atom. The molecule has 0 atom stereocenters. The summed E-state index contributed by atoms with van der Waals surface area (Å²) in [5.41, 5.74) is 1.50. The monoisotopic (exact) mass is 310 g/mol. The van der Waals surface area contributed by atoms with Gasteiger partial charge in [-0.1, -0.05) is 0 Å². The summed E-state index contributed by atoms with van der Waals surface area (Å²) in [6.45, 7) is 0. The van der Waals surface area contributed by atoms with Gasteiger partial charge in [-0.2, -0.15) is 5.26 Å². The van der Waals surface area contributed by atoms with Gasteiger partial charge in [0.25, 0.3) is 0 Å². The van der Waals surface area contributed by atoms with E-state index in [1.165, 1.54) is 11.3 Å². The third kappa shape index (κ3) is 2.60. The molecule has 2 nitrogen and oxygen atoms in total. The van der Waals surface area contributed by atoms with Crippen LogP contribution in [0.1, 0.15) is 5.56 Å². The summed E-state index contributed by atoms with van der Waals surface area (Å²) in [6.07, 6.45) is 0. The van der Waals surface area contributed by atoms with E-state index in [0.717, 1.165) is 14.7 Å². The van der Waals surface area contributed by atoms with Crippen molar-refractivity contribution in [3.63, 3.8) is 0 Å². The van der Waals surface area contributed by atoms with Crippen molar-refractivity contribution >= 4 is 101 Å². The fourth-order valence-corrected chi connectivity index (χ4v) is 2.89. The average Bonchev–Trinajstić information content (AvgIpc) is 2.46. The maximum absolute atomic E-state index is 8.72. The van der Waals surface area contributed by atoms with E-state index in [1.807, 2.05) is 6.07 Å². The molecule has 0 saturated carbocycles. The van der Waals surface area contributed by atoms with E-state index in [4.69, 9.17) is 5.26 Å². The van der Waals surface area contributed by atoms with Crippen LogP contribution < -0.4 is 0 Å². The summed E-state index contributed by atoms with van der Waals surface area (Å²) in [6, 6.07) is 5.67. The Balaban J connectivity index is 0.000000980. The number of halogens is 1. The Morgan fingerprint density at radius 3 is 2.86 bits per heavy atom. The summed E-state index contributed by atoms with van der Waals surface area (Å²) in [7, 11) is 0. The standard InChI is InChI=1S/C8H3BrN2S2.K.H/c9-5-1-4(3-10)2-6-7(5)11-8(12)13-6;;/h1-2H,(H,11,12);;. The van der Waals surface area contributed by atoms with Gasteiger partial charge in [-0.3, -0.25) is 0 Å². The predicted octanol–water partition coefficient (Wildman–Crippen LogP) is 2.57. The zero-order chi connectivity index (χ0) is 9.42.